The van der Waals surface area contributed by atoms with Gasteiger partial charge in [-0.3, -0.25) is 0 Å². The lowest BCUT2D eigenvalue weighted by Crippen LogP contribution is -2.33. The molecule has 0 unspecified atom stereocenters. The van der Waals surface area contributed by atoms with Crippen LogP contribution in [-0.2, 0) is 0 Å². The Bertz CT molecular complexity index is 539. The number of fused-ring (bicyclic) bond motifs is 1. The van der Waals surface area contributed by atoms with E-state index < -0.39 is 0 Å². The number of nitrogens with zero attached hydrogens (tertiary/aromatic N) is 3. The molecule has 1 saturated carbocycles. The van der Waals surface area contributed by atoms with Crippen molar-refractivity contribution in [1.29, 1.82) is 0 Å². The van der Waals surface area contributed by atoms with Crippen molar-refractivity contribution < 1.29 is 0 Å². The quantitative estimate of drug-likeness (QED) is 0.845. The highest BCUT2D eigenvalue weighted by Gasteiger charge is 2.19. The van der Waals surface area contributed by atoms with Crippen LogP contribution in [0, 0.1) is 6.92 Å². The number of aryl methyl sites for hydroxylation is 1. The number of hydrogen-bond donors (Lipinski definition) is 2. The van der Waals surface area contributed by atoms with Gasteiger partial charge in [0.05, 0.1) is 0 Å². The predicted molar refractivity (Wildman–Crippen MR) is 71.6 cm³/mol. The lowest BCUT2D eigenvalue weighted by atomic mass is 9.92. The van der Waals surface area contributed by atoms with E-state index in [9.17, 15) is 0 Å². The Morgan fingerprint density at radius 1 is 1.28 bits per heavy atom. The molecule has 2 heterocycles. The minimum atomic E-state index is 0.375. The summed E-state index contributed by atoms with van der Waals surface area (Å²) in [6, 6.07) is 4.88. The maximum atomic E-state index is 5.91. The summed E-state index contributed by atoms with van der Waals surface area (Å²) in [5, 5.41) is 7.86. The third-order valence-electron chi connectivity index (χ3n) is 3.58. The van der Waals surface area contributed by atoms with E-state index >= 15 is 0 Å². The Morgan fingerprint density at radius 3 is 2.83 bits per heavy atom. The van der Waals surface area contributed by atoms with E-state index in [1.54, 1.807) is 0 Å². The largest absolute Gasteiger partial charge is 0.350 e. The van der Waals surface area contributed by atoms with Gasteiger partial charge in [-0.15, -0.1) is 5.10 Å². The van der Waals surface area contributed by atoms with Gasteiger partial charge in [-0.25, -0.2) is 4.52 Å². The van der Waals surface area contributed by atoms with Gasteiger partial charge in [-0.05, 0) is 44.2 Å². The molecule has 18 heavy (non-hydrogen) atoms. The summed E-state index contributed by atoms with van der Waals surface area (Å²) >= 11 is 0. The third-order valence-corrected chi connectivity index (χ3v) is 3.58. The van der Waals surface area contributed by atoms with Crippen molar-refractivity contribution in [2.75, 3.05) is 5.32 Å². The van der Waals surface area contributed by atoms with E-state index in [-0.39, 0.29) is 0 Å². The molecule has 5 heteroatoms. The molecule has 0 radical (unpaired) electrons. The molecule has 0 atom stereocenters. The van der Waals surface area contributed by atoms with Gasteiger partial charge in [0.1, 0.15) is 0 Å². The second kappa shape index (κ2) is 4.57. The highest BCUT2D eigenvalue weighted by molar-refractivity contribution is 5.44. The van der Waals surface area contributed by atoms with Crippen LogP contribution >= 0.6 is 0 Å². The predicted octanol–water partition coefficient (Wildman–Crippen LogP) is 1.72. The van der Waals surface area contributed by atoms with Crippen molar-refractivity contribution in [3.8, 4) is 0 Å². The van der Waals surface area contributed by atoms with Gasteiger partial charge in [0.2, 0.25) is 5.95 Å². The van der Waals surface area contributed by atoms with E-state index in [1.165, 1.54) is 5.56 Å². The normalized spacial score (nSPS) is 24.3. The van der Waals surface area contributed by atoms with Crippen molar-refractivity contribution in [2.45, 2.75) is 44.7 Å². The monoisotopic (exact) mass is 245 g/mol. The minimum Gasteiger partial charge on any atom is -0.350 e. The van der Waals surface area contributed by atoms with Crippen molar-refractivity contribution in [2.24, 2.45) is 5.73 Å². The Hall–Kier alpha value is -1.62. The molecule has 0 aliphatic heterocycles. The fourth-order valence-electron chi connectivity index (χ4n) is 2.49. The second-order valence-electron chi connectivity index (χ2n) is 5.20. The van der Waals surface area contributed by atoms with E-state index in [1.807, 2.05) is 22.8 Å². The summed E-state index contributed by atoms with van der Waals surface area (Å²) in [6.45, 7) is 2.05. The molecular formula is C13H19N5. The van der Waals surface area contributed by atoms with Crippen LogP contribution in [0.1, 0.15) is 31.2 Å². The maximum absolute atomic E-state index is 5.91. The van der Waals surface area contributed by atoms with Gasteiger partial charge in [0, 0.05) is 18.3 Å². The zero-order chi connectivity index (χ0) is 12.5. The van der Waals surface area contributed by atoms with Crippen LogP contribution in [0.3, 0.4) is 0 Å². The lowest BCUT2D eigenvalue weighted by molar-refractivity contribution is 0.410. The van der Waals surface area contributed by atoms with Gasteiger partial charge < -0.3 is 11.1 Å². The Balaban J connectivity index is 1.74. The molecule has 0 amide bonds. The standard InChI is InChI=1S/C13H19N5/c1-9-2-7-12-16-13(17-18(12)8-9)15-11-5-3-10(14)4-6-11/h2,7-8,10-11H,3-6,14H2,1H3,(H,15,17). The van der Waals surface area contributed by atoms with Crippen molar-refractivity contribution in [3.05, 3.63) is 23.9 Å². The number of anilines is 1. The smallest absolute Gasteiger partial charge is 0.243 e. The van der Waals surface area contributed by atoms with Crippen LogP contribution < -0.4 is 11.1 Å². The van der Waals surface area contributed by atoms with Crippen LogP contribution in [0.5, 0.6) is 0 Å². The first kappa shape index (κ1) is 11.5. The summed E-state index contributed by atoms with van der Waals surface area (Å²) in [7, 11) is 0. The molecule has 1 aliphatic carbocycles. The molecular weight excluding hydrogens is 226 g/mol. The number of nitrogens with one attached hydrogen (secondary N) is 1. The average molecular weight is 245 g/mol. The molecule has 2 aromatic rings. The number of pyridine rings is 1. The molecule has 1 aliphatic rings. The lowest BCUT2D eigenvalue weighted by Gasteiger charge is -2.26. The van der Waals surface area contributed by atoms with Crippen LogP contribution in [0.25, 0.3) is 5.65 Å². The van der Waals surface area contributed by atoms with Crippen molar-refractivity contribution >= 4 is 11.6 Å². The number of rotatable bonds is 2. The van der Waals surface area contributed by atoms with Crippen LogP contribution in [0.15, 0.2) is 18.3 Å². The molecule has 2 aromatic heterocycles. The first-order valence-corrected chi connectivity index (χ1v) is 6.56. The zero-order valence-electron chi connectivity index (χ0n) is 10.6. The fourth-order valence-corrected chi connectivity index (χ4v) is 2.49. The van der Waals surface area contributed by atoms with Crippen LogP contribution in [-0.4, -0.2) is 26.7 Å². The van der Waals surface area contributed by atoms with Crippen molar-refractivity contribution in [3.63, 3.8) is 0 Å². The Labute approximate surface area is 106 Å². The maximum Gasteiger partial charge on any atom is 0.243 e. The summed E-state index contributed by atoms with van der Waals surface area (Å²) < 4.78 is 1.83. The van der Waals surface area contributed by atoms with E-state index in [0.29, 0.717) is 12.1 Å². The first-order valence-electron chi connectivity index (χ1n) is 6.56. The Kier molecular flexibility index (Phi) is 2.91. The molecule has 3 N–H and O–H groups in total. The highest BCUT2D eigenvalue weighted by Crippen LogP contribution is 2.20. The van der Waals surface area contributed by atoms with Gasteiger partial charge in [0.25, 0.3) is 0 Å². The summed E-state index contributed by atoms with van der Waals surface area (Å²) in [5.74, 6) is 0.723. The molecule has 3 rings (SSSR count). The summed E-state index contributed by atoms with van der Waals surface area (Å²) in [5.41, 5.74) is 7.97. The van der Waals surface area contributed by atoms with Crippen LogP contribution in [0.2, 0.25) is 0 Å². The fraction of sp³-hybridized carbons (Fsp3) is 0.538. The molecule has 0 aromatic carbocycles. The van der Waals surface area contributed by atoms with Gasteiger partial charge >= 0.3 is 0 Å². The summed E-state index contributed by atoms with van der Waals surface area (Å²) in [6.07, 6.45) is 6.38. The van der Waals surface area contributed by atoms with Gasteiger partial charge in [0.15, 0.2) is 5.65 Å². The molecule has 5 nitrogen and oxygen atoms in total. The van der Waals surface area contributed by atoms with E-state index in [0.717, 1.165) is 37.3 Å². The highest BCUT2D eigenvalue weighted by atomic mass is 15.3. The topological polar surface area (TPSA) is 68.2 Å². The van der Waals surface area contributed by atoms with Crippen LogP contribution in [0.4, 0.5) is 5.95 Å². The number of nitrogens with two attached hydrogens (primary N) is 1. The van der Waals surface area contributed by atoms with E-state index in [4.69, 9.17) is 5.73 Å². The molecule has 1 fully saturated rings. The minimum absolute atomic E-state index is 0.375. The molecule has 0 spiro atoms. The first-order chi connectivity index (χ1) is 8.70. The van der Waals surface area contributed by atoms with Gasteiger partial charge in [-0.1, -0.05) is 6.07 Å². The number of hydrogen-bond acceptors (Lipinski definition) is 4. The van der Waals surface area contributed by atoms with Crippen molar-refractivity contribution in [1.82, 2.24) is 14.6 Å². The third kappa shape index (κ3) is 2.31. The molecule has 0 saturated heterocycles. The van der Waals surface area contributed by atoms with Gasteiger partial charge in [-0.2, -0.15) is 4.98 Å². The second-order valence-corrected chi connectivity index (χ2v) is 5.20. The average Bonchev–Trinajstić information content (AvgIpc) is 2.73. The summed E-state index contributed by atoms with van der Waals surface area (Å²) in [4.78, 5) is 4.48. The zero-order valence-corrected chi connectivity index (χ0v) is 10.6. The SMILES string of the molecule is Cc1ccc2nc(NC3CCC(N)CC3)nn2c1. The number of aromatic nitrogens is 3. The molecule has 0 bridgehead atoms. The van der Waals surface area contributed by atoms with E-state index in [2.05, 4.69) is 22.3 Å². The molecule has 96 valence electrons. The Morgan fingerprint density at radius 2 is 2.06 bits per heavy atom.